The molecule has 0 unspecified atom stereocenters. The Morgan fingerprint density at radius 3 is 1.93 bits per heavy atom. The van der Waals surface area contributed by atoms with Gasteiger partial charge in [0.25, 0.3) is 0 Å². The number of likely N-dealkylation sites (tertiary alicyclic amines) is 1. The first kappa shape index (κ1) is 29.9. The Kier molecular flexibility index (Phi) is 8.33. The zero-order chi connectivity index (χ0) is 30.1. The van der Waals surface area contributed by atoms with E-state index in [2.05, 4.69) is 0 Å². The number of hydrogen-bond acceptors (Lipinski definition) is 7. The highest BCUT2D eigenvalue weighted by Gasteiger charge is 2.46. The van der Waals surface area contributed by atoms with Crippen LogP contribution in [0.25, 0.3) is 11.1 Å². The Morgan fingerprint density at radius 1 is 0.878 bits per heavy atom. The molecular formula is C31H38N2O8. The molecular weight excluding hydrogens is 528 g/mol. The van der Waals surface area contributed by atoms with Gasteiger partial charge in [-0.15, -0.1) is 0 Å². The van der Waals surface area contributed by atoms with E-state index >= 15 is 0 Å². The molecule has 1 fully saturated rings. The van der Waals surface area contributed by atoms with Crippen LogP contribution in [0.2, 0.25) is 0 Å². The molecule has 1 aliphatic carbocycles. The predicted octanol–water partition coefficient (Wildman–Crippen LogP) is 5.04. The normalized spacial score (nSPS) is 18.3. The van der Waals surface area contributed by atoms with Gasteiger partial charge in [-0.05, 0) is 63.8 Å². The lowest BCUT2D eigenvalue weighted by molar-refractivity contribution is -0.156. The van der Waals surface area contributed by atoms with E-state index in [1.54, 1.807) is 41.5 Å². The van der Waals surface area contributed by atoms with Gasteiger partial charge in [0.15, 0.2) is 0 Å². The van der Waals surface area contributed by atoms with Crippen molar-refractivity contribution in [2.24, 2.45) is 0 Å². The number of nitrogens with zero attached hydrogens (tertiary/aromatic N) is 2. The third-order valence-electron chi connectivity index (χ3n) is 6.92. The van der Waals surface area contributed by atoms with Crippen LogP contribution < -0.4 is 0 Å². The Hall–Kier alpha value is -4.08. The number of benzene rings is 2. The van der Waals surface area contributed by atoms with E-state index < -0.39 is 54.0 Å². The van der Waals surface area contributed by atoms with Crippen LogP contribution in [0.1, 0.15) is 65.0 Å². The molecule has 1 saturated heterocycles. The number of esters is 1. The summed E-state index contributed by atoms with van der Waals surface area (Å²) < 4.78 is 16.6. The topological polar surface area (TPSA) is 123 Å². The minimum Gasteiger partial charge on any atom is -0.480 e. The van der Waals surface area contributed by atoms with Crippen molar-refractivity contribution in [1.82, 2.24) is 9.80 Å². The van der Waals surface area contributed by atoms with E-state index in [1.165, 1.54) is 0 Å². The first-order valence-corrected chi connectivity index (χ1v) is 13.7. The zero-order valence-corrected chi connectivity index (χ0v) is 24.4. The molecule has 0 aromatic heterocycles. The van der Waals surface area contributed by atoms with Gasteiger partial charge in [0.2, 0.25) is 0 Å². The fraction of sp³-hybridized carbons (Fsp3) is 0.484. The smallest absolute Gasteiger partial charge is 0.411 e. The Labute approximate surface area is 240 Å². The number of ether oxygens (including phenoxy) is 3. The molecule has 0 radical (unpaired) electrons. The van der Waals surface area contributed by atoms with E-state index in [4.69, 9.17) is 14.2 Å². The SMILES string of the molecule is CC(C)(C)OC(=O)CN(C(=O)OC(C)(C)C)[C@H]1C[C@@H](C(=O)O)N(C(=O)OCC2c3ccccc3-c3ccccc32)C1. The lowest BCUT2D eigenvalue weighted by Gasteiger charge is -2.31. The van der Waals surface area contributed by atoms with Gasteiger partial charge in [-0.2, -0.15) is 0 Å². The van der Waals surface area contributed by atoms with E-state index in [9.17, 15) is 24.3 Å². The highest BCUT2D eigenvalue weighted by atomic mass is 16.6. The van der Waals surface area contributed by atoms with Crippen LogP contribution in [0.5, 0.6) is 0 Å². The standard InChI is InChI=1S/C31H38N2O8/c1-30(2,3)40-26(34)17-32(29(38)41-31(4,5)6)19-15-25(27(35)36)33(16-19)28(37)39-18-24-22-13-9-7-11-20(22)21-12-8-10-14-23(21)24/h7-14,19,24-25H,15-18H2,1-6H3,(H,35,36)/t19-,25-/m0/s1. The summed E-state index contributed by atoms with van der Waals surface area (Å²) >= 11 is 0. The van der Waals surface area contributed by atoms with Crippen LogP contribution in [0.3, 0.4) is 0 Å². The minimum absolute atomic E-state index is 0.0219. The maximum atomic E-state index is 13.3. The number of carboxylic acid groups (broad SMARTS) is 1. The molecule has 2 aromatic carbocycles. The van der Waals surface area contributed by atoms with Crippen molar-refractivity contribution in [3.05, 3.63) is 59.7 Å². The monoisotopic (exact) mass is 566 g/mol. The van der Waals surface area contributed by atoms with Crippen molar-refractivity contribution in [1.29, 1.82) is 0 Å². The van der Waals surface area contributed by atoms with Gasteiger partial charge in [0.05, 0.1) is 6.04 Å². The second-order valence-corrected chi connectivity index (χ2v) is 12.4. The van der Waals surface area contributed by atoms with Gasteiger partial charge >= 0.3 is 24.1 Å². The summed E-state index contributed by atoms with van der Waals surface area (Å²) in [5.41, 5.74) is 2.56. The lowest BCUT2D eigenvalue weighted by atomic mass is 9.98. The second-order valence-electron chi connectivity index (χ2n) is 12.4. The van der Waals surface area contributed by atoms with Gasteiger partial charge in [-0.25, -0.2) is 14.4 Å². The van der Waals surface area contributed by atoms with Crippen LogP contribution in [0.4, 0.5) is 9.59 Å². The van der Waals surface area contributed by atoms with E-state index in [0.717, 1.165) is 32.1 Å². The highest BCUT2D eigenvalue weighted by Crippen LogP contribution is 2.44. The van der Waals surface area contributed by atoms with E-state index in [1.807, 2.05) is 48.5 Å². The Morgan fingerprint density at radius 2 is 1.41 bits per heavy atom. The molecule has 4 rings (SSSR count). The fourth-order valence-electron chi connectivity index (χ4n) is 5.33. The summed E-state index contributed by atoms with van der Waals surface area (Å²) in [5.74, 6) is -2.10. The first-order valence-electron chi connectivity index (χ1n) is 13.7. The molecule has 10 nitrogen and oxygen atoms in total. The number of rotatable bonds is 6. The predicted molar refractivity (Wildman–Crippen MR) is 150 cm³/mol. The fourth-order valence-corrected chi connectivity index (χ4v) is 5.33. The molecule has 41 heavy (non-hydrogen) atoms. The van der Waals surface area contributed by atoms with Crippen molar-refractivity contribution >= 4 is 24.1 Å². The molecule has 2 amide bonds. The Balaban J connectivity index is 1.52. The van der Waals surface area contributed by atoms with Crippen LogP contribution in [0.15, 0.2) is 48.5 Å². The van der Waals surface area contributed by atoms with Crippen molar-refractivity contribution in [3.63, 3.8) is 0 Å². The summed E-state index contributed by atoms with van der Waals surface area (Å²) in [6, 6.07) is 13.8. The number of amides is 2. The van der Waals surface area contributed by atoms with Crippen molar-refractivity contribution in [2.45, 2.75) is 77.2 Å². The highest BCUT2D eigenvalue weighted by molar-refractivity contribution is 5.83. The molecule has 2 atom stereocenters. The molecule has 1 aliphatic heterocycles. The second kappa shape index (κ2) is 11.4. The molecule has 10 heteroatoms. The van der Waals surface area contributed by atoms with Crippen LogP contribution in [-0.4, -0.2) is 82.0 Å². The number of aliphatic carboxylic acids is 1. The van der Waals surface area contributed by atoms with E-state index in [-0.39, 0.29) is 25.5 Å². The molecule has 2 aromatic rings. The quantitative estimate of drug-likeness (QED) is 0.381. The van der Waals surface area contributed by atoms with Crippen molar-refractivity contribution < 1.29 is 38.5 Å². The number of fused-ring (bicyclic) bond motifs is 3. The molecule has 220 valence electrons. The molecule has 2 aliphatic rings. The van der Waals surface area contributed by atoms with Gasteiger partial charge < -0.3 is 19.3 Å². The average molecular weight is 567 g/mol. The molecule has 0 bridgehead atoms. The zero-order valence-electron chi connectivity index (χ0n) is 24.4. The molecule has 1 N–H and O–H groups in total. The Bertz CT molecular complexity index is 1280. The van der Waals surface area contributed by atoms with Gasteiger partial charge in [-0.1, -0.05) is 48.5 Å². The summed E-state index contributed by atoms with van der Waals surface area (Å²) in [5, 5.41) is 9.96. The first-order chi connectivity index (χ1) is 19.1. The van der Waals surface area contributed by atoms with Gasteiger partial charge in [0, 0.05) is 18.9 Å². The lowest BCUT2D eigenvalue weighted by Crippen LogP contribution is -2.48. The summed E-state index contributed by atoms with van der Waals surface area (Å²) in [7, 11) is 0. The van der Waals surface area contributed by atoms with Gasteiger partial charge in [0.1, 0.15) is 30.4 Å². The summed E-state index contributed by atoms with van der Waals surface area (Å²) in [4.78, 5) is 53.6. The maximum Gasteiger partial charge on any atom is 0.411 e. The third-order valence-corrected chi connectivity index (χ3v) is 6.92. The van der Waals surface area contributed by atoms with Crippen molar-refractivity contribution in [3.8, 4) is 11.1 Å². The largest absolute Gasteiger partial charge is 0.480 e. The minimum atomic E-state index is -1.25. The molecule has 0 saturated carbocycles. The number of carboxylic acids is 1. The number of carbonyl (C=O) groups excluding carboxylic acids is 3. The van der Waals surface area contributed by atoms with Gasteiger partial charge in [-0.3, -0.25) is 14.6 Å². The number of hydrogen-bond donors (Lipinski definition) is 1. The molecule has 1 heterocycles. The van der Waals surface area contributed by atoms with Crippen LogP contribution in [-0.2, 0) is 23.8 Å². The van der Waals surface area contributed by atoms with E-state index in [0.29, 0.717) is 0 Å². The third kappa shape index (κ3) is 6.99. The average Bonchev–Trinajstić information content (AvgIpc) is 3.44. The molecule has 0 spiro atoms. The van der Waals surface area contributed by atoms with Crippen LogP contribution >= 0.6 is 0 Å². The number of carbonyl (C=O) groups is 4. The van der Waals surface area contributed by atoms with Crippen LogP contribution in [0, 0.1) is 0 Å². The summed E-state index contributed by atoms with van der Waals surface area (Å²) in [6.07, 6.45) is -1.70. The summed E-state index contributed by atoms with van der Waals surface area (Å²) in [6.45, 7) is 9.61. The maximum absolute atomic E-state index is 13.3. The van der Waals surface area contributed by atoms with Crippen molar-refractivity contribution in [2.75, 3.05) is 19.7 Å².